The van der Waals surface area contributed by atoms with E-state index in [1.165, 1.54) is 7.11 Å². The number of carbonyl (C=O) groups is 1. The van der Waals surface area contributed by atoms with Gasteiger partial charge in [0, 0.05) is 6.20 Å². The molecule has 0 bridgehead atoms. The van der Waals surface area contributed by atoms with Gasteiger partial charge in [-0.25, -0.2) is 14.3 Å². The fourth-order valence-corrected chi connectivity index (χ4v) is 4.02. The molecule has 0 aliphatic rings. The van der Waals surface area contributed by atoms with E-state index >= 15 is 0 Å². The zero-order valence-electron chi connectivity index (χ0n) is 12.4. The highest BCUT2D eigenvalue weighted by molar-refractivity contribution is 7.49. The van der Waals surface area contributed by atoms with Crippen molar-refractivity contribution in [2.75, 3.05) is 20.3 Å². The van der Waals surface area contributed by atoms with E-state index in [0.717, 1.165) is 11.3 Å². The van der Waals surface area contributed by atoms with Crippen LogP contribution in [0.5, 0.6) is 5.75 Å². The monoisotopic (exact) mass is 345 g/mol. The lowest BCUT2D eigenvalue weighted by Crippen LogP contribution is -2.05. The van der Waals surface area contributed by atoms with Crippen molar-refractivity contribution in [3.63, 3.8) is 0 Å². The number of carbonyl (C=O) groups excluding carboxylic acids is 1. The maximum absolute atomic E-state index is 12.6. The van der Waals surface area contributed by atoms with Crippen LogP contribution in [0.15, 0.2) is 18.3 Å². The van der Waals surface area contributed by atoms with Crippen LogP contribution >= 0.6 is 19.2 Å². The molecule has 0 aliphatic heterocycles. The zero-order chi connectivity index (χ0) is 16.2. The second-order valence-corrected chi connectivity index (χ2v) is 6.57. The lowest BCUT2D eigenvalue weighted by atomic mass is 10.3. The number of phosphoric ester groups is 1. The molecular formula is C13H16NO6PS. The predicted octanol–water partition coefficient (Wildman–Crippen LogP) is 3.64. The Morgan fingerprint density at radius 1 is 1.32 bits per heavy atom. The smallest absolute Gasteiger partial charge is 0.465 e. The highest BCUT2D eigenvalue weighted by atomic mass is 32.1. The number of pyridine rings is 1. The molecule has 0 saturated carbocycles. The molecule has 0 saturated heterocycles. The van der Waals surface area contributed by atoms with Crippen molar-refractivity contribution >= 4 is 35.3 Å². The summed E-state index contributed by atoms with van der Waals surface area (Å²) in [4.78, 5) is 16.8. The number of thiophene rings is 1. The summed E-state index contributed by atoms with van der Waals surface area (Å²) in [5, 5.41) is 0.549. The van der Waals surface area contributed by atoms with E-state index in [0.29, 0.717) is 10.2 Å². The van der Waals surface area contributed by atoms with E-state index in [2.05, 4.69) is 4.98 Å². The van der Waals surface area contributed by atoms with E-state index in [4.69, 9.17) is 18.3 Å². The topological polar surface area (TPSA) is 84.0 Å². The van der Waals surface area contributed by atoms with Crippen molar-refractivity contribution in [3.05, 3.63) is 23.2 Å². The molecule has 0 N–H and O–H groups in total. The molecule has 0 fully saturated rings. The second-order valence-electron chi connectivity index (χ2n) is 3.98. The Hall–Kier alpha value is -1.47. The Morgan fingerprint density at radius 2 is 2.00 bits per heavy atom. The van der Waals surface area contributed by atoms with E-state index in [9.17, 15) is 9.36 Å². The first kappa shape index (κ1) is 16.9. The molecule has 2 rings (SSSR count). The van der Waals surface area contributed by atoms with Gasteiger partial charge in [0.1, 0.15) is 4.83 Å². The van der Waals surface area contributed by atoms with Gasteiger partial charge in [-0.2, -0.15) is 0 Å². The van der Waals surface area contributed by atoms with E-state index in [1.807, 2.05) is 0 Å². The maximum Gasteiger partial charge on any atom is 0.530 e. The summed E-state index contributed by atoms with van der Waals surface area (Å²) in [7, 11) is -2.56. The Morgan fingerprint density at radius 3 is 2.59 bits per heavy atom. The summed E-state index contributed by atoms with van der Waals surface area (Å²) in [6, 6.07) is 3.40. The quantitative estimate of drug-likeness (QED) is 0.559. The summed E-state index contributed by atoms with van der Waals surface area (Å²) < 4.78 is 33.0. The largest absolute Gasteiger partial charge is 0.530 e. The molecule has 2 aromatic heterocycles. The molecule has 2 aromatic rings. The Bertz CT molecular complexity index is 706. The highest BCUT2D eigenvalue weighted by Gasteiger charge is 2.32. The van der Waals surface area contributed by atoms with Crippen LogP contribution < -0.4 is 4.52 Å². The number of ether oxygens (including phenoxy) is 1. The molecule has 7 nitrogen and oxygen atoms in total. The van der Waals surface area contributed by atoms with Crippen molar-refractivity contribution in [3.8, 4) is 5.75 Å². The van der Waals surface area contributed by atoms with Gasteiger partial charge >= 0.3 is 13.8 Å². The van der Waals surface area contributed by atoms with Gasteiger partial charge in [0.15, 0.2) is 10.6 Å². The SMILES string of the molecule is CCOP(=O)(OCC)Oc1c(C(=O)OC)sc2ncccc12. The van der Waals surface area contributed by atoms with E-state index in [-0.39, 0.29) is 23.8 Å². The van der Waals surface area contributed by atoms with Gasteiger partial charge in [0.25, 0.3) is 0 Å². The standard InChI is InChI=1S/C13H16NO6PS/c1-4-18-21(16,19-5-2)20-10-9-7-6-8-14-12(9)22-11(10)13(15)17-3/h6-8H,4-5H2,1-3H3. The van der Waals surface area contributed by atoms with E-state index in [1.54, 1.807) is 32.2 Å². The Labute approximate surface area is 131 Å². The third-order valence-corrected chi connectivity index (χ3v) is 5.20. The first-order valence-electron chi connectivity index (χ1n) is 6.59. The van der Waals surface area contributed by atoms with Gasteiger partial charge in [0.05, 0.1) is 25.7 Å². The lowest BCUT2D eigenvalue weighted by Gasteiger charge is -2.17. The summed E-state index contributed by atoms with van der Waals surface area (Å²) >= 11 is 1.09. The molecule has 22 heavy (non-hydrogen) atoms. The number of aromatic nitrogens is 1. The van der Waals surface area contributed by atoms with Crippen LogP contribution in [0.4, 0.5) is 0 Å². The van der Waals surface area contributed by atoms with Crippen molar-refractivity contribution in [2.24, 2.45) is 0 Å². The third kappa shape index (κ3) is 3.47. The molecule has 0 amide bonds. The molecule has 0 unspecified atom stereocenters. The first-order valence-corrected chi connectivity index (χ1v) is 8.86. The molecule has 0 aliphatic carbocycles. The first-order chi connectivity index (χ1) is 10.5. The van der Waals surface area contributed by atoms with Crippen molar-refractivity contribution in [2.45, 2.75) is 13.8 Å². The molecule has 0 spiro atoms. The summed E-state index contributed by atoms with van der Waals surface area (Å²) in [5.41, 5.74) is 0. The minimum atomic E-state index is -3.82. The number of hydrogen-bond donors (Lipinski definition) is 0. The van der Waals surface area contributed by atoms with Crippen LogP contribution in [0, 0.1) is 0 Å². The van der Waals surface area contributed by atoms with Crippen LogP contribution in [0.2, 0.25) is 0 Å². The summed E-state index contributed by atoms with van der Waals surface area (Å²) in [6.45, 7) is 3.63. The molecule has 9 heteroatoms. The Balaban J connectivity index is 2.52. The van der Waals surface area contributed by atoms with Crippen molar-refractivity contribution in [1.82, 2.24) is 4.98 Å². The number of methoxy groups -OCH3 is 1. The number of rotatable bonds is 7. The van der Waals surface area contributed by atoms with Crippen LogP contribution in [-0.4, -0.2) is 31.3 Å². The van der Waals surface area contributed by atoms with Gasteiger partial charge in [-0.3, -0.25) is 9.05 Å². The summed E-state index contributed by atoms with van der Waals surface area (Å²) in [6.07, 6.45) is 1.59. The van der Waals surface area contributed by atoms with Gasteiger partial charge in [-0.05, 0) is 26.0 Å². The fourth-order valence-electron chi connectivity index (χ4n) is 1.75. The zero-order valence-corrected chi connectivity index (χ0v) is 14.1. The molecule has 0 radical (unpaired) electrons. The number of esters is 1. The van der Waals surface area contributed by atoms with Crippen LogP contribution in [0.1, 0.15) is 23.5 Å². The van der Waals surface area contributed by atoms with E-state index < -0.39 is 13.8 Å². The highest BCUT2D eigenvalue weighted by Crippen LogP contribution is 2.53. The number of hydrogen-bond acceptors (Lipinski definition) is 8. The molecule has 0 atom stereocenters. The number of fused-ring (bicyclic) bond motifs is 1. The Kier molecular flexibility index (Phi) is 5.52. The van der Waals surface area contributed by atoms with Gasteiger partial charge in [-0.1, -0.05) is 0 Å². The minimum Gasteiger partial charge on any atom is -0.465 e. The molecule has 0 aromatic carbocycles. The molecular weight excluding hydrogens is 329 g/mol. The van der Waals surface area contributed by atoms with Crippen LogP contribution in [0.3, 0.4) is 0 Å². The van der Waals surface area contributed by atoms with Crippen molar-refractivity contribution < 1.29 is 27.7 Å². The predicted molar refractivity (Wildman–Crippen MR) is 82.4 cm³/mol. The van der Waals surface area contributed by atoms with Gasteiger partial charge in [-0.15, -0.1) is 11.3 Å². The molecule has 120 valence electrons. The molecule has 2 heterocycles. The van der Waals surface area contributed by atoms with Crippen LogP contribution in [0.25, 0.3) is 10.2 Å². The average Bonchev–Trinajstić information content (AvgIpc) is 2.85. The van der Waals surface area contributed by atoms with Crippen LogP contribution in [-0.2, 0) is 18.3 Å². The van der Waals surface area contributed by atoms with Gasteiger partial charge in [0.2, 0.25) is 0 Å². The number of phosphoric acid groups is 1. The number of nitrogens with zero attached hydrogens (tertiary/aromatic N) is 1. The normalized spacial score (nSPS) is 11.6. The summed E-state index contributed by atoms with van der Waals surface area (Å²) in [5.74, 6) is -0.497. The lowest BCUT2D eigenvalue weighted by molar-refractivity contribution is 0.0604. The minimum absolute atomic E-state index is 0.102. The van der Waals surface area contributed by atoms with Gasteiger partial charge < -0.3 is 9.26 Å². The maximum atomic E-state index is 12.6. The average molecular weight is 345 g/mol. The second kappa shape index (κ2) is 7.19. The third-order valence-electron chi connectivity index (χ3n) is 2.57. The van der Waals surface area contributed by atoms with Crippen molar-refractivity contribution in [1.29, 1.82) is 0 Å². The fraction of sp³-hybridized carbons (Fsp3) is 0.385.